The van der Waals surface area contributed by atoms with E-state index in [9.17, 15) is 9.59 Å². The van der Waals surface area contributed by atoms with Gasteiger partial charge in [0.15, 0.2) is 5.16 Å². The number of hydrogen-bond acceptors (Lipinski definition) is 9. The Morgan fingerprint density at radius 3 is 2.23 bits per heavy atom. The minimum Gasteiger partial charge on any atom is -0.497 e. The molecule has 1 atom stereocenters. The maximum Gasteiger partial charge on any atom is 0.250 e. The normalized spacial score (nSPS) is 12.3. The molecule has 0 radical (unpaired) electrons. The van der Waals surface area contributed by atoms with Crippen molar-refractivity contribution < 1.29 is 14.3 Å². The molecule has 0 aliphatic heterocycles. The predicted molar refractivity (Wildman–Crippen MR) is 175 cm³/mol. The van der Waals surface area contributed by atoms with E-state index in [1.54, 1.807) is 12.0 Å². The fourth-order valence-corrected chi connectivity index (χ4v) is 6.11. The number of carbonyl (C=O) groups is 2. The first-order chi connectivity index (χ1) is 20.5. The lowest BCUT2D eigenvalue weighted by Gasteiger charge is -2.39. The number of ether oxygens (including phenoxy) is 1. The van der Waals surface area contributed by atoms with Crippen molar-refractivity contribution in [2.75, 3.05) is 37.2 Å². The SMILES string of the molecule is CCC(C)(C(=O)Nc1ccc(N(C)C)cc1)N(Cc1nc(-c2ccc(OC)cc2)cs1)C(=O)CSc1nc(C)cc(C)n1. The number of carbonyl (C=O) groups excluding carboxylic acids is 2. The van der Waals surface area contributed by atoms with E-state index < -0.39 is 5.54 Å². The van der Waals surface area contributed by atoms with Crippen LogP contribution in [-0.2, 0) is 16.1 Å². The number of nitrogens with one attached hydrogen (secondary N) is 1. The Morgan fingerprint density at radius 2 is 1.65 bits per heavy atom. The number of rotatable bonds is 12. The van der Waals surface area contributed by atoms with E-state index in [2.05, 4.69) is 15.3 Å². The molecule has 0 aliphatic carbocycles. The monoisotopic (exact) mass is 618 g/mol. The number of benzene rings is 2. The molecule has 11 heteroatoms. The molecule has 4 rings (SSSR count). The van der Waals surface area contributed by atoms with E-state index in [0.29, 0.717) is 17.3 Å². The molecule has 2 amide bonds. The van der Waals surface area contributed by atoms with Gasteiger partial charge < -0.3 is 19.9 Å². The molecule has 2 aromatic carbocycles. The van der Waals surface area contributed by atoms with Crippen LogP contribution in [0.25, 0.3) is 11.3 Å². The molecule has 0 aliphatic rings. The van der Waals surface area contributed by atoms with Gasteiger partial charge in [0, 0.05) is 47.8 Å². The van der Waals surface area contributed by atoms with E-state index >= 15 is 0 Å². The largest absolute Gasteiger partial charge is 0.497 e. The number of aryl methyl sites for hydroxylation is 2. The van der Waals surface area contributed by atoms with Gasteiger partial charge in [0.05, 0.1) is 25.1 Å². The van der Waals surface area contributed by atoms with E-state index in [4.69, 9.17) is 9.72 Å². The molecule has 4 aromatic rings. The molecule has 1 N–H and O–H groups in total. The molecule has 0 saturated carbocycles. The summed E-state index contributed by atoms with van der Waals surface area (Å²) in [5, 5.41) is 6.27. The van der Waals surface area contributed by atoms with Gasteiger partial charge in [-0.05, 0) is 81.8 Å². The van der Waals surface area contributed by atoms with Crippen molar-refractivity contribution in [3.05, 3.63) is 76.4 Å². The lowest BCUT2D eigenvalue weighted by Crippen LogP contribution is -2.57. The zero-order chi connectivity index (χ0) is 31.1. The van der Waals surface area contributed by atoms with Gasteiger partial charge in [0.25, 0.3) is 0 Å². The van der Waals surface area contributed by atoms with Crippen LogP contribution in [0.1, 0.15) is 36.7 Å². The number of nitrogens with zero attached hydrogens (tertiary/aromatic N) is 5. The molecule has 0 saturated heterocycles. The Balaban J connectivity index is 1.61. The highest BCUT2D eigenvalue weighted by Crippen LogP contribution is 2.30. The Bertz CT molecular complexity index is 1540. The summed E-state index contributed by atoms with van der Waals surface area (Å²) in [4.78, 5) is 45.3. The van der Waals surface area contributed by atoms with Crippen LogP contribution in [0, 0.1) is 13.8 Å². The molecule has 0 spiro atoms. The van der Waals surface area contributed by atoms with Crippen LogP contribution in [0.3, 0.4) is 0 Å². The Labute approximate surface area is 261 Å². The minimum atomic E-state index is -1.15. The highest BCUT2D eigenvalue weighted by Gasteiger charge is 2.41. The van der Waals surface area contributed by atoms with Crippen LogP contribution in [0.15, 0.2) is 65.1 Å². The summed E-state index contributed by atoms with van der Waals surface area (Å²) in [6.07, 6.45) is 0.405. The summed E-state index contributed by atoms with van der Waals surface area (Å²) in [5.41, 5.74) is 3.97. The number of methoxy groups -OCH3 is 1. The number of hydrogen-bond donors (Lipinski definition) is 1. The van der Waals surface area contributed by atoms with Gasteiger partial charge in [-0.25, -0.2) is 15.0 Å². The fraction of sp³-hybridized carbons (Fsp3) is 0.344. The zero-order valence-corrected chi connectivity index (χ0v) is 27.3. The first-order valence-electron chi connectivity index (χ1n) is 14.0. The number of aromatic nitrogens is 3. The van der Waals surface area contributed by atoms with Crippen molar-refractivity contribution >= 4 is 46.3 Å². The fourth-order valence-electron chi connectivity index (χ4n) is 4.50. The second-order valence-electron chi connectivity index (χ2n) is 10.6. The van der Waals surface area contributed by atoms with Gasteiger partial charge in [-0.15, -0.1) is 11.3 Å². The third kappa shape index (κ3) is 7.91. The van der Waals surface area contributed by atoms with Gasteiger partial charge in [-0.2, -0.15) is 0 Å². The number of amides is 2. The van der Waals surface area contributed by atoms with Gasteiger partial charge in [-0.1, -0.05) is 18.7 Å². The summed E-state index contributed by atoms with van der Waals surface area (Å²) >= 11 is 2.73. The van der Waals surface area contributed by atoms with Crippen molar-refractivity contribution in [3.8, 4) is 17.0 Å². The average Bonchev–Trinajstić information content (AvgIpc) is 3.47. The lowest BCUT2D eigenvalue weighted by molar-refractivity contribution is -0.143. The molecular formula is C32H38N6O3S2. The van der Waals surface area contributed by atoms with Crippen molar-refractivity contribution in [1.29, 1.82) is 0 Å². The molecule has 0 bridgehead atoms. The molecule has 43 heavy (non-hydrogen) atoms. The Morgan fingerprint density at radius 1 is 1.00 bits per heavy atom. The van der Waals surface area contributed by atoms with Crippen molar-refractivity contribution in [2.24, 2.45) is 0 Å². The third-order valence-electron chi connectivity index (χ3n) is 7.23. The van der Waals surface area contributed by atoms with E-state index in [0.717, 1.165) is 39.1 Å². The quantitative estimate of drug-likeness (QED) is 0.148. The van der Waals surface area contributed by atoms with Crippen LogP contribution in [0.5, 0.6) is 5.75 Å². The van der Waals surface area contributed by atoms with Crippen molar-refractivity contribution in [1.82, 2.24) is 19.9 Å². The predicted octanol–water partition coefficient (Wildman–Crippen LogP) is 6.22. The number of thiazole rings is 1. The van der Waals surface area contributed by atoms with Crippen molar-refractivity contribution in [2.45, 2.75) is 51.4 Å². The average molecular weight is 619 g/mol. The highest BCUT2D eigenvalue weighted by molar-refractivity contribution is 7.99. The van der Waals surface area contributed by atoms with E-state index in [1.807, 2.05) is 107 Å². The minimum absolute atomic E-state index is 0.0833. The lowest BCUT2D eigenvalue weighted by atomic mass is 9.94. The van der Waals surface area contributed by atoms with E-state index in [-0.39, 0.29) is 24.1 Å². The van der Waals surface area contributed by atoms with Crippen LogP contribution < -0.4 is 15.0 Å². The van der Waals surface area contributed by atoms with Crippen molar-refractivity contribution in [3.63, 3.8) is 0 Å². The molecule has 226 valence electrons. The second kappa shape index (κ2) is 14.0. The first-order valence-corrected chi connectivity index (χ1v) is 15.8. The van der Waals surface area contributed by atoms with Crippen LogP contribution in [-0.4, -0.2) is 64.2 Å². The summed E-state index contributed by atoms with van der Waals surface area (Å²) in [6, 6.07) is 17.2. The summed E-state index contributed by atoms with van der Waals surface area (Å²) in [6.45, 7) is 7.72. The maximum absolute atomic E-state index is 13.9. The standard InChI is InChI=1S/C32H38N6O3S2/c1-8-32(4,30(40)35-24-11-13-25(14-12-24)37(5)6)38(29(39)20-43-31-33-21(2)17-22(3)34-31)18-28-36-27(19-42-28)23-9-15-26(41-7)16-10-23/h9-17,19H,8,18,20H2,1-7H3,(H,35,40). The summed E-state index contributed by atoms with van der Waals surface area (Å²) in [5.74, 6) is 0.388. The summed E-state index contributed by atoms with van der Waals surface area (Å²) in [7, 11) is 5.56. The Hall–Kier alpha value is -3.96. The van der Waals surface area contributed by atoms with Gasteiger partial charge in [-0.3, -0.25) is 9.59 Å². The molecule has 2 heterocycles. The maximum atomic E-state index is 13.9. The molecular weight excluding hydrogens is 581 g/mol. The Kier molecular flexibility index (Phi) is 10.4. The number of thioether (sulfide) groups is 1. The highest BCUT2D eigenvalue weighted by atomic mass is 32.2. The second-order valence-corrected chi connectivity index (χ2v) is 12.5. The molecule has 9 nitrogen and oxygen atoms in total. The molecule has 1 unspecified atom stereocenters. The number of anilines is 2. The molecule has 0 fully saturated rings. The van der Waals surface area contributed by atoms with Crippen LogP contribution in [0.2, 0.25) is 0 Å². The van der Waals surface area contributed by atoms with Crippen LogP contribution >= 0.6 is 23.1 Å². The third-order valence-corrected chi connectivity index (χ3v) is 8.90. The van der Waals surface area contributed by atoms with Gasteiger partial charge in [0.1, 0.15) is 16.3 Å². The first kappa shape index (κ1) is 32.0. The summed E-state index contributed by atoms with van der Waals surface area (Å²) < 4.78 is 5.28. The van der Waals surface area contributed by atoms with Crippen LogP contribution in [0.4, 0.5) is 11.4 Å². The topological polar surface area (TPSA) is 101 Å². The van der Waals surface area contributed by atoms with E-state index in [1.165, 1.54) is 23.1 Å². The van der Waals surface area contributed by atoms with Gasteiger partial charge in [0.2, 0.25) is 11.8 Å². The molecule has 2 aromatic heterocycles. The smallest absolute Gasteiger partial charge is 0.250 e. The van der Waals surface area contributed by atoms with Gasteiger partial charge >= 0.3 is 0 Å². The zero-order valence-electron chi connectivity index (χ0n) is 25.7.